The third-order valence-corrected chi connectivity index (χ3v) is 10.8. The van der Waals surface area contributed by atoms with Gasteiger partial charge in [0.25, 0.3) is 11.8 Å². The molecule has 0 radical (unpaired) electrons. The Morgan fingerprint density at radius 1 is 0.758 bits per heavy atom. The van der Waals surface area contributed by atoms with Crippen LogP contribution in [0.25, 0.3) is 27.8 Å². The van der Waals surface area contributed by atoms with Crippen molar-refractivity contribution in [3.63, 3.8) is 0 Å². The van der Waals surface area contributed by atoms with Crippen LogP contribution in [0.2, 0.25) is 0 Å². The summed E-state index contributed by atoms with van der Waals surface area (Å²) in [6, 6.07) is -1.24. The van der Waals surface area contributed by atoms with Crippen LogP contribution in [-0.4, -0.2) is 122 Å². The number of nitrogens with zero attached hydrogens (tertiary/aromatic N) is 7. The zero-order valence-corrected chi connectivity index (χ0v) is 31.9. The van der Waals surface area contributed by atoms with Gasteiger partial charge in [0.15, 0.2) is 22.8 Å². The standard InChI is InChI=1S/C38H36F6N12O6/c39-14-1-2-20(43)18(3-14)23(10-57)51-38(62)32-29-34(50-22-6-17(42)9-27(22)60)46-13-48-36(29)56(55-32)25-7-15(40)4-19(30(25)44)24(11-58)52-37(61)31-28-33(45-12-47-35(28)54-53-31)49-21-5-16(41)8-26(21)59/h1-4,7,12-13,16-17,21-24,26-27,57-60H,5-6,8-11H2,(H,51,62)(H,52,61)(H,46,48,50)(H2,45,47,49,53,54)/t16-,17+,21-,22+,23+,24+,26-,27+/m0/s1. The number of aromatic amines is 1. The number of anilines is 2. The number of H-pyrrole nitrogens is 1. The Balaban J connectivity index is 1.17. The highest BCUT2D eigenvalue weighted by Crippen LogP contribution is 2.34. The van der Waals surface area contributed by atoms with Gasteiger partial charge >= 0.3 is 0 Å². The van der Waals surface area contributed by atoms with E-state index < -0.39 is 120 Å². The molecule has 2 fully saturated rings. The molecule has 2 saturated carbocycles. The minimum Gasteiger partial charge on any atom is -0.394 e. The Morgan fingerprint density at radius 3 is 1.98 bits per heavy atom. The van der Waals surface area contributed by atoms with Crippen LogP contribution in [0, 0.1) is 23.3 Å². The Bertz CT molecular complexity index is 2670. The fourth-order valence-corrected chi connectivity index (χ4v) is 7.78. The molecule has 2 aliphatic rings. The van der Waals surface area contributed by atoms with Gasteiger partial charge in [-0.05, 0) is 24.3 Å². The first-order valence-electron chi connectivity index (χ1n) is 19.1. The lowest BCUT2D eigenvalue weighted by Gasteiger charge is -2.20. The third kappa shape index (κ3) is 8.03. The van der Waals surface area contributed by atoms with Crippen molar-refractivity contribution in [3.8, 4) is 5.69 Å². The van der Waals surface area contributed by atoms with E-state index in [1.54, 1.807) is 0 Å². The van der Waals surface area contributed by atoms with E-state index >= 15 is 8.78 Å². The van der Waals surface area contributed by atoms with Crippen LogP contribution in [0.4, 0.5) is 38.0 Å². The molecule has 8 atom stereocenters. The maximum Gasteiger partial charge on any atom is 0.273 e. The van der Waals surface area contributed by atoms with E-state index in [1.165, 1.54) is 0 Å². The van der Waals surface area contributed by atoms with E-state index in [2.05, 4.69) is 56.5 Å². The maximum atomic E-state index is 16.9. The van der Waals surface area contributed by atoms with E-state index in [9.17, 15) is 47.6 Å². The minimum absolute atomic E-state index is 0.00486. The largest absolute Gasteiger partial charge is 0.394 e. The van der Waals surface area contributed by atoms with Gasteiger partial charge in [-0.1, -0.05) is 0 Å². The summed E-state index contributed by atoms with van der Waals surface area (Å²) >= 11 is 0. The second-order valence-electron chi connectivity index (χ2n) is 14.9. The number of carbonyl (C=O) groups is 2. The van der Waals surface area contributed by atoms with E-state index in [-0.39, 0.29) is 65.1 Å². The molecule has 0 unspecified atom stereocenters. The third-order valence-electron chi connectivity index (χ3n) is 10.8. The van der Waals surface area contributed by atoms with Crippen molar-refractivity contribution in [2.45, 2.75) is 74.4 Å². The predicted octanol–water partition coefficient (Wildman–Crippen LogP) is 2.51. The molecule has 62 heavy (non-hydrogen) atoms. The average molecular weight is 871 g/mol. The lowest BCUT2D eigenvalue weighted by atomic mass is 10.0. The van der Waals surface area contributed by atoms with Crippen molar-refractivity contribution in [2.24, 2.45) is 0 Å². The number of rotatable bonds is 13. The summed E-state index contributed by atoms with van der Waals surface area (Å²) in [4.78, 5) is 44.2. The highest BCUT2D eigenvalue weighted by molar-refractivity contribution is 6.09. The molecule has 9 N–H and O–H groups in total. The fourth-order valence-electron chi connectivity index (χ4n) is 7.78. The fraction of sp³-hybridized carbons (Fsp3) is 0.368. The van der Waals surface area contributed by atoms with Crippen molar-refractivity contribution in [2.75, 3.05) is 23.8 Å². The van der Waals surface area contributed by atoms with Gasteiger partial charge < -0.3 is 41.7 Å². The van der Waals surface area contributed by atoms with Gasteiger partial charge in [0.05, 0.1) is 60.4 Å². The molecular formula is C38H36F6N12O6. The SMILES string of the molecule is O=C(N[C@H](CO)c1cc(F)cc(-n2nc(C(=O)N[C@H](CO)c3cc(F)ccc3F)c3c(N[C@@H]4C[C@@H](F)C[C@H]4O)ncnc32)c1F)c1[nH]nc2ncnc(N[C@H]3C[C@H](F)C[C@@H]3O)c12. The first kappa shape index (κ1) is 42.2. The van der Waals surface area contributed by atoms with Gasteiger partial charge in [-0.3, -0.25) is 14.7 Å². The molecule has 2 amide bonds. The maximum absolute atomic E-state index is 16.9. The van der Waals surface area contributed by atoms with Crippen LogP contribution >= 0.6 is 0 Å². The summed E-state index contributed by atoms with van der Waals surface area (Å²) < 4.78 is 90.4. The van der Waals surface area contributed by atoms with Crippen LogP contribution in [0.5, 0.6) is 0 Å². The summed E-state index contributed by atoms with van der Waals surface area (Å²) in [6.45, 7) is -1.94. The van der Waals surface area contributed by atoms with Crippen LogP contribution < -0.4 is 21.3 Å². The van der Waals surface area contributed by atoms with Crippen molar-refractivity contribution in [1.29, 1.82) is 0 Å². The Hall–Kier alpha value is -6.50. The lowest BCUT2D eigenvalue weighted by Crippen LogP contribution is -2.33. The number of fused-ring (bicyclic) bond motifs is 2. The molecule has 2 aromatic carbocycles. The second-order valence-corrected chi connectivity index (χ2v) is 14.9. The molecule has 0 aliphatic heterocycles. The van der Waals surface area contributed by atoms with Crippen LogP contribution in [-0.2, 0) is 0 Å². The van der Waals surface area contributed by atoms with Gasteiger partial charge in [0.2, 0.25) is 0 Å². The van der Waals surface area contributed by atoms with Gasteiger partial charge in [-0.15, -0.1) is 0 Å². The van der Waals surface area contributed by atoms with Gasteiger partial charge in [-0.25, -0.2) is 51.0 Å². The molecule has 0 bridgehead atoms. The van der Waals surface area contributed by atoms with E-state index in [4.69, 9.17) is 0 Å². The van der Waals surface area contributed by atoms with Crippen molar-refractivity contribution in [1.82, 2.24) is 50.5 Å². The number of carbonyl (C=O) groups excluding carboxylic acids is 2. The Morgan fingerprint density at radius 2 is 1.35 bits per heavy atom. The number of halogens is 6. The molecule has 4 aromatic heterocycles. The number of hydrogen-bond acceptors (Lipinski definition) is 14. The first-order valence-corrected chi connectivity index (χ1v) is 19.1. The number of hydrogen-bond donors (Lipinski definition) is 9. The quantitative estimate of drug-likeness (QED) is 0.0756. The summed E-state index contributed by atoms with van der Waals surface area (Å²) in [7, 11) is 0. The second kappa shape index (κ2) is 17.1. The van der Waals surface area contributed by atoms with E-state index in [1.807, 2.05) is 0 Å². The zero-order chi connectivity index (χ0) is 44.0. The van der Waals surface area contributed by atoms with Gasteiger partial charge in [0.1, 0.15) is 65.5 Å². The summed E-state index contributed by atoms with van der Waals surface area (Å²) in [5.41, 5.74) is -3.06. The number of amides is 2. The number of aliphatic hydroxyl groups excluding tert-OH is 4. The summed E-state index contributed by atoms with van der Waals surface area (Å²) in [6.07, 6.45) is -3.45. The van der Waals surface area contributed by atoms with Crippen molar-refractivity contribution in [3.05, 3.63) is 88.8 Å². The van der Waals surface area contributed by atoms with Crippen LogP contribution in [0.15, 0.2) is 43.0 Å². The normalized spacial score (nSPS) is 22.2. The molecule has 6 aromatic rings. The number of alkyl halides is 2. The minimum atomic E-state index is -1.68. The molecule has 2 aliphatic carbocycles. The lowest BCUT2D eigenvalue weighted by molar-refractivity contribution is 0.0903. The number of benzene rings is 2. The molecule has 18 nitrogen and oxygen atoms in total. The molecule has 0 spiro atoms. The number of nitrogens with one attached hydrogen (secondary N) is 5. The smallest absolute Gasteiger partial charge is 0.273 e. The van der Waals surface area contributed by atoms with E-state index in [0.717, 1.165) is 30.9 Å². The highest BCUT2D eigenvalue weighted by Gasteiger charge is 2.37. The summed E-state index contributed by atoms with van der Waals surface area (Å²) in [5, 5.41) is 62.3. The predicted molar refractivity (Wildman–Crippen MR) is 204 cm³/mol. The van der Waals surface area contributed by atoms with E-state index in [0.29, 0.717) is 16.8 Å². The van der Waals surface area contributed by atoms with Gasteiger partial charge in [-0.2, -0.15) is 10.2 Å². The molecular weight excluding hydrogens is 834 g/mol. The van der Waals surface area contributed by atoms with Crippen molar-refractivity contribution >= 4 is 45.5 Å². The number of aromatic nitrogens is 8. The van der Waals surface area contributed by atoms with Crippen LogP contribution in [0.1, 0.15) is 69.9 Å². The average Bonchev–Trinajstić information content (AvgIpc) is 4.02. The highest BCUT2D eigenvalue weighted by atomic mass is 19.2. The molecule has 24 heteroatoms. The summed E-state index contributed by atoms with van der Waals surface area (Å²) in [5.74, 6) is -6.65. The molecule has 8 rings (SSSR count). The van der Waals surface area contributed by atoms with Crippen molar-refractivity contribution < 1.29 is 56.4 Å². The van der Waals surface area contributed by atoms with Gasteiger partial charge in [0, 0.05) is 42.9 Å². The molecule has 4 heterocycles. The Kier molecular flexibility index (Phi) is 11.6. The molecule has 326 valence electrons. The topological polar surface area (TPSA) is 261 Å². The zero-order valence-electron chi connectivity index (χ0n) is 31.9. The monoisotopic (exact) mass is 870 g/mol. The Labute approximate surface area is 344 Å². The molecule has 0 saturated heterocycles. The first-order chi connectivity index (χ1) is 29.7. The number of aliphatic hydroxyl groups is 4. The van der Waals surface area contributed by atoms with Crippen LogP contribution in [0.3, 0.4) is 0 Å².